The SMILES string of the molecule is CCN(Cc1ccccc1)C(=O)C(C)Sc1n[nH]c(COc2ccc(Cl)cc2)n1. The molecule has 1 heterocycles. The van der Waals surface area contributed by atoms with E-state index in [2.05, 4.69) is 15.2 Å². The van der Waals surface area contributed by atoms with Gasteiger partial charge in [-0.1, -0.05) is 53.7 Å². The molecule has 0 spiro atoms. The monoisotopic (exact) mass is 430 g/mol. The zero-order valence-corrected chi connectivity index (χ0v) is 17.9. The first kappa shape index (κ1) is 21.2. The highest BCUT2D eigenvalue weighted by molar-refractivity contribution is 8.00. The van der Waals surface area contributed by atoms with E-state index < -0.39 is 0 Å². The van der Waals surface area contributed by atoms with Crippen LogP contribution in [0.5, 0.6) is 5.75 Å². The summed E-state index contributed by atoms with van der Waals surface area (Å²) in [6, 6.07) is 17.1. The maximum atomic E-state index is 12.8. The number of aromatic amines is 1. The fourth-order valence-electron chi connectivity index (χ4n) is 2.69. The number of nitrogens with one attached hydrogen (secondary N) is 1. The molecule has 0 aliphatic carbocycles. The third kappa shape index (κ3) is 6.24. The molecule has 0 aliphatic rings. The van der Waals surface area contributed by atoms with Gasteiger partial charge >= 0.3 is 0 Å². The van der Waals surface area contributed by atoms with Crippen molar-refractivity contribution in [2.75, 3.05) is 6.54 Å². The molecule has 1 atom stereocenters. The summed E-state index contributed by atoms with van der Waals surface area (Å²) in [5.41, 5.74) is 1.11. The molecule has 1 amide bonds. The summed E-state index contributed by atoms with van der Waals surface area (Å²) in [5.74, 6) is 1.35. The maximum absolute atomic E-state index is 12.8. The number of benzene rings is 2. The van der Waals surface area contributed by atoms with Gasteiger partial charge in [0.1, 0.15) is 12.4 Å². The van der Waals surface area contributed by atoms with Crippen LogP contribution in [0.15, 0.2) is 59.8 Å². The fourth-order valence-corrected chi connectivity index (χ4v) is 3.65. The van der Waals surface area contributed by atoms with Crippen LogP contribution in [0.25, 0.3) is 0 Å². The lowest BCUT2D eigenvalue weighted by atomic mass is 10.2. The van der Waals surface area contributed by atoms with Gasteiger partial charge in [0.15, 0.2) is 5.82 Å². The molecule has 152 valence electrons. The van der Waals surface area contributed by atoms with Gasteiger partial charge in [0.25, 0.3) is 0 Å². The van der Waals surface area contributed by atoms with Crippen molar-refractivity contribution in [1.82, 2.24) is 20.1 Å². The van der Waals surface area contributed by atoms with E-state index in [0.717, 1.165) is 5.56 Å². The standard InChI is InChI=1S/C21H23ClN4O2S/c1-3-26(13-16-7-5-4-6-8-16)20(27)15(2)29-21-23-19(24-25-21)14-28-18-11-9-17(22)10-12-18/h4-12,15H,3,13-14H2,1-2H3,(H,23,24,25). The predicted molar refractivity (Wildman–Crippen MR) is 115 cm³/mol. The lowest BCUT2D eigenvalue weighted by Crippen LogP contribution is -2.36. The van der Waals surface area contributed by atoms with Crippen LogP contribution in [0.1, 0.15) is 25.2 Å². The molecule has 0 aliphatic heterocycles. The molecule has 8 heteroatoms. The summed E-state index contributed by atoms with van der Waals surface area (Å²) in [7, 11) is 0. The number of rotatable bonds is 9. The Balaban J connectivity index is 1.53. The molecule has 0 fully saturated rings. The van der Waals surface area contributed by atoms with Crippen LogP contribution in [0.3, 0.4) is 0 Å². The van der Waals surface area contributed by atoms with Gasteiger partial charge in [0.05, 0.1) is 5.25 Å². The highest BCUT2D eigenvalue weighted by Crippen LogP contribution is 2.22. The van der Waals surface area contributed by atoms with Gasteiger partial charge in [0.2, 0.25) is 11.1 Å². The van der Waals surface area contributed by atoms with Gasteiger partial charge < -0.3 is 9.64 Å². The number of nitrogens with zero attached hydrogens (tertiary/aromatic N) is 3. The Hall–Kier alpha value is -2.51. The van der Waals surface area contributed by atoms with Gasteiger partial charge in [-0.3, -0.25) is 9.89 Å². The van der Waals surface area contributed by atoms with Crippen LogP contribution in [-0.4, -0.2) is 37.8 Å². The topological polar surface area (TPSA) is 71.1 Å². The Morgan fingerprint density at radius 2 is 1.93 bits per heavy atom. The third-order valence-electron chi connectivity index (χ3n) is 4.24. The summed E-state index contributed by atoms with van der Waals surface area (Å²) in [5, 5.41) is 7.93. The molecule has 1 N–H and O–H groups in total. The molecule has 6 nitrogen and oxygen atoms in total. The van der Waals surface area contributed by atoms with E-state index in [4.69, 9.17) is 16.3 Å². The second kappa shape index (κ2) is 10.3. The summed E-state index contributed by atoms with van der Waals surface area (Å²) >= 11 is 7.20. The summed E-state index contributed by atoms with van der Waals surface area (Å²) in [4.78, 5) is 19.1. The van der Waals surface area contributed by atoms with Crippen molar-refractivity contribution in [2.24, 2.45) is 0 Å². The Labute approximate surface area is 179 Å². The van der Waals surface area contributed by atoms with Crippen molar-refractivity contribution in [2.45, 2.75) is 37.4 Å². The number of aromatic nitrogens is 3. The Bertz CT molecular complexity index is 918. The molecule has 29 heavy (non-hydrogen) atoms. The normalized spacial score (nSPS) is 11.8. The van der Waals surface area contributed by atoms with E-state index in [9.17, 15) is 4.79 Å². The van der Waals surface area contributed by atoms with Gasteiger partial charge in [-0.2, -0.15) is 0 Å². The molecular formula is C21H23ClN4O2S. The Kier molecular flexibility index (Phi) is 7.55. The number of amides is 1. The van der Waals surface area contributed by atoms with Crippen LogP contribution >= 0.6 is 23.4 Å². The molecule has 3 rings (SSSR count). The number of H-pyrrole nitrogens is 1. The average molecular weight is 431 g/mol. The predicted octanol–water partition coefficient (Wildman–Crippen LogP) is 4.57. The highest BCUT2D eigenvalue weighted by atomic mass is 35.5. The number of ether oxygens (including phenoxy) is 1. The maximum Gasteiger partial charge on any atom is 0.236 e. The van der Waals surface area contributed by atoms with Crippen LogP contribution in [0.2, 0.25) is 5.02 Å². The Morgan fingerprint density at radius 3 is 2.62 bits per heavy atom. The molecule has 0 saturated heterocycles. The van der Waals surface area contributed by atoms with Crippen LogP contribution in [-0.2, 0) is 17.9 Å². The molecule has 1 unspecified atom stereocenters. The first-order chi connectivity index (χ1) is 14.0. The minimum atomic E-state index is -0.292. The van der Waals surface area contributed by atoms with Crippen molar-refractivity contribution in [3.8, 4) is 5.75 Å². The van der Waals surface area contributed by atoms with Gasteiger partial charge in [-0.15, -0.1) is 5.10 Å². The second-order valence-corrected chi connectivity index (χ2v) is 8.15. The lowest BCUT2D eigenvalue weighted by Gasteiger charge is -2.23. The van der Waals surface area contributed by atoms with Gasteiger partial charge in [-0.25, -0.2) is 4.98 Å². The largest absolute Gasteiger partial charge is 0.486 e. The number of thioether (sulfide) groups is 1. The number of hydrogen-bond donors (Lipinski definition) is 1. The van der Waals surface area contributed by atoms with Crippen molar-refractivity contribution in [3.05, 3.63) is 71.0 Å². The highest BCUT2D eigenvalue weighted by Gasteiger charge is 2.22. The van der Waals surface area contributed by atoms with Crippen LogP contribution in [0, 0.1) is 0 Å². The van der Waals surface area contributed by atoms with E-state index in [0.29, 0.717) is 34.8 Å². The minimum Gasteiger partial charge on any atom is -0.486 e. The number of halogens is 1. The fraction of sp³-hybridized carbons (Fsp3) is 0.286. The van der Waals surface area contributed by atoms with E-state index in [1.54, 1.807) is 24.3 Å². The van der Waals surface area contributed by atoms with E-state index in [1.807, 2.05) is 49.1 Å². The van der Waals surface area contributed by atoms with Crippen molar-refractivity contribution in [1.29, 1.82) is 0 Å². The van der Waals surface area contributed by atoms with E-state index in [-0.39, 0.29) is 17.8 Å². The van der Waals surface area contributed by atoms with E-state index >= 15 is 0 Å². The summed E-state index contributed by atoms with van der Waals surface area (Å²) in [6.45, 7) is 5.35. The molecule has 2 aromatic carbocycles. The average Bonchev–Trinajstić information content (AvgIpc) is 3.19. The molecule has 1 aromatic heterocycles. The minimum absolute atomic E-state index is 0.0603. The van der Waals surface area contributed by atoms with Crippen molar-refractivity contribution < 1.29 is 9.53 Å². The summed E-state index contributed by atoms with van der Waals surface area (Å²) < 4.78 is 5.66. The first-order valence-electron chi connectivity index (χ1n) is 9.34. The smallest absolute Gasteiger partial charge is 0.236 e. The van der Waals surface area contributed by atoms with Crippen molar-refractivity contribution >= 4 is 29.3 Å². The first-order valence-corrected chi connectivity index (χ1v) is 10.6. The number of carbonyl (C=O) groups excluding carboxylic acids is 1. The summed E-state index contributed by atoms with van der Waals surface area (Å²) in [6.07, 6.45) is 0. The molecule has 0 radical (unpaired) electrons. The number of carbonyl (C=O) groups is 1. The van der Waals surface area contributed by atoms with E-state index in [1.165, 1.54) is 11.8 Å². The zero-order chi connectivity index (χ0) is 20.6. The number of hydrogen-bond acceptors (Lipinski definition) is 5. The van der Waals surface area contributed by atoms with Crippen LogP contribution < -0.4 is 4.74 Å². The lowest BCUT2D eigenvalue weighted by molar-refractivity contribution is -0.130. The van der Waals surface area contributed by atoms with Gasteiger partial charge in [-0.05, 0) is 43.7 Å². The van der Waals surface area contributed by atoms with Crippen LogP contribution in [0.4, 0.5) is 0 Å². The van der Waals surface area contributed by atoms with Crippen molar-refractivity contribution in [3.63, 3.8) is 0 Å². The molecule has 0 saturated carbocycles. The quantitative estimate of drug-likeness (QED) is 0.503. The zero-order valence-electron chi connectivity index (χ0n) is 16.3. The Morgan fingerprint density at radius 1 is 1.21 bits per heavy atom. The third-order valence-corrected chi connectivity index (χ3v) is 5.44. The second-order valence-electron chi connectivity index (χ2n) is 6.41. The molecule has 0 bridgehead atoms. The van der Waals surface area contributed by atoms with Gasteiger partial charge in [0, 0.05) is 18.1 Å². The molecular weight excluding hydrogens is 408 g/mol. The molecule has 3 aromatic rings.